The maximum atomic E-state index is 5.61. The average Bonchev–Trinajstić information content (AvgIpc) is 2.27. The first-order valence-electron chi connectivity index (χ1n) is 6.73. The van der Waals surface area contributed by atoms with Gasteiger partial charge in [0.05, 0.1) is 0 Å². The first kappa shape index (κ1) is 14.2. The molecule has 0 saturated heterocycles. The molecule has 0 saturated carbocycles. The monoisotopic (exact) mass is 233 g/mol. The van der Waals surface area contributed by atoms with Crippen LogP contribution < -0.4 is 5.73 Å². The van der Waals surface area contributed by atoms with Crippen molar-refractivity contribution in [2.24, 2.45) is 11.7 Å². The van der Waals surface area contributed by atoms with Gasteiger partial charge in [-0.1, -0.05) is 13.0 Å². The van der Waals surface area contributed by atoms with Gasteiger partial charge in [0.25, 0.3) is 0 Å². The van der Waals surface area contributed by atoms with Crippen molar-refractivity contribution in [2.75, 3.05) is 6.54 Å². The van der Waals surface area contributed by atoms with Gasteiger partial charge in [0.2, 0.25) is 0 Å². The second-order valence-electron chi connectivity index (χ2n) is 5.46. The summed E-state index contributed by atoms with van der Waals surface area (Å²) >= 11 is 0. The summed E-state index contributed by atoms with van der Waals surface area (Å²) < 4.78 is 0. The highest BCUT2D eigenvalue weighted by atomic mass is 14.5. The lowest BCUT2D eigenvalue weighted by Gasteiger charge is -2.17. The van der Waals surface area contributed by atoms with E-state index in [-0.39, 0.29) is 0 Å². The second kappa shape index (κ2) is 6.20. The number of hydrogen-bond donors (Lipinski definition) is 1. The summed E-state index contributed by atoms with van der Waals surface area (Å²) in [6.45, 7) is 12.1. The van der Waals surface area contributed by atoms with Crippen LogP contribution in [0, 0.1) is 33.6 Å². The third kappa shape index (κ3) is 3.57. The SMILES string of the molecule is Cc1cc(C)c(C)c(CCC(C)CCN)c1C. The van der Waals surface area contributed by atoms with Gasteiger partial charge >= 0.3 is 0 Å². The Morgan fingerprint density at radius 3 is 2.00 bits per heavy atom. The summed E-state index contributed by atoms with van der Waals surface area (Å²) in [5.41, 5.74) is 13.0. The molecule has 0 aliphatic rings. The van der Waals surface area contributed by atoms with E-state index in [1.807, 2.05) is 0 Å². The van der Waals surface area contributed by atoms with Crippen molar-refractivity contribution in [1.82, 2.24) is 0 Å². The topological polar surface area (TPSA) is 26.0 Å². The van der Waals surface area contributed by atoms with Crippen LogP contribution in [0.15, 0.2) is 6.07 Å². The minimum atomic E-state index is 0.736. The van der Waals surface area contributed by atoms with Gasteiger partial charge in [0.15, 0.2) is 0 Å². The highest BCUT2D eigenvalue weighted by Gasteiger charge is 2.09. The largest absolute Gasteiger partial charge is 0.330 e. The molecule has 0 aliphatic carbocycles. The van der Waals surface area contributed by atoms with E-state index in [0.29, 0.717) is 0 Å². The summed E-state index contributed by atoms with van der Waals surface area (Å²) in [5.74, 6) is 0.736. The molecule has 96 valence electrons. The van der Waals surface area contributed by atoms with Crippen LogP contribution in [0.4, 0.5) is 0 Å². The van der Waals surface area contributed by atoms with E-state index < -0.39 is 0 Å². The molecule has 17 heavy (non-hydrogen) atoms. The molecule has 1 nitrogen and oxygen atoms in total. The fourth-order valence-corrected chi connectivity index (χ4v) is 2.49. The van der Waals surface area contributed by atoms with Gasteiger partial charge < -0.3 is 5.73 Å². The Hall–Kier alpha value is -0.820. The molecule has 1 unspecified atom stereocenters. The maximum Gasteiger partial charge on any atom is -0.00747 e. The van der Waals surface area contributed by atoms with Crippen molar-refractivity contribution < 1.29 is 0 Å². The number of aryl methyl sites for hydroxylation is 2. The summed E-state index contributed by atoms with van der Waals surface area (Å²) in [6.07, 6.45) is 3.59. The Morgan fingerprint density at radius 1 is 1.00 bits per heavy atom. The molecule has 2 N–H and O–H groups in total. The lowest BCUT2D eigenvalue weighted by atomic mass is 9.89. The summed E-state index contributed by atoms with van der Waals surface area (Å²) in [7, 11) is 0. The number of rotatable bonds is 5. The fraction of sp³-hybridized carbons (Fsp3) is 0.625. The van der Waals surface area contributed by atoms with Gasteiger partial charge in [-0.2, -0.15) is 0 Å². The normalized spacial score (nSPS) is 12.8. The number of hydrogen-bond acceptors (Lipinski definition) is 1. The molecule has 1 atom stereocenters. The van der Waals surface area contributed by atoms with Crippen LogP contribution in [0.2, 0.25) is 0 Å². The molecule has 0 radical (unpaired) electrons. The number of benzene rings is 1. The van der Waals surface area contributed by atoms with Gasteiger partial charge in [0, 0.05) is 0 Å². The maximum absolute atomic E-state index is 5.61. The van der Waals surface area contributed by atoms with Crippen molar-refractivity contribution in [2.45, 2.75) is 53.9 Å². The van der Waals surface area contributed by atoms with Crippen LogP contribution in [0.3, 0.4) is 0 Å². The predicted molar refractivity (Wildman–Crippen MR) is 76.5 cm³/mol. The molecule has 0 aromatic heterocycles. The Balaban J connectivity index is 2.83. The first-order valence-corrected chi connectivity index (χ1v) is 6.73. The van der Waals surface area contributed by atoms with Gasteiger partial charge in [-0.15, -0.1) is 0 Å². The van der Waals surface area contributed by atoms with E-state index in [1.165, 1.54) is 35.1 Å². The molecule has 1 heteroatoms. The minimum absolute atomic E-state index is 0.736. The molecule has 1 rings (SSSR count). The van der Waals surface area contributed by atoms with Gasteiger partial charge in [-0.05, 0) is 87.2 Å². The Labute approximate surface area is 106 Å². The highest BCUT2D eigenvalue weighted by molar-refractivity contribution is 5.44. The van der Waals surface area contributed by atoms with Crippen molar-refractivity contribution in [3.63, 3.8) is 0 Å². The molecule has 0 fully saturated rings. The summed E-state index contributed by atoms with van der Waals surface area (Å²) in [5, 5.41) is 0. The van der Waals surface area contributed by atoms with E-state index in [4.69, 9.17) is 5.73 Å². The molecule has 0 aliphatic heterocycles. The first-order chi connectivity index (χ1) is 7.97. The zero-order valence-corrected chi connectivity index (χ0v) is 12.1. The van der Waals surface area contributed by atoms with Gasteiger partial charge in [0.1, 0.15) is 0 Å². The van der Waals surface area contributed by atoms with Crippen molar-refractivity contribution >= 4 is 0 Å². The standard InChI is InChI=1S/C16H27N/c1-11(8-9-17)6-7-16-14(4)12(2)10-13(3)15(16)5/h10-11H,6-9,17H2,1-5H3. The molecule has 0 amide bonds. The summed E-state index contributed by atoms with van der Waals surface area (Å²) in [6, 6.07) is 2.30. The molecule has 1 aromatic carbocycles. The van der Waals surface area contributed by atoms with Crippen LogP contribution in [-0.4, -0.2) is 6.54 Å². The molecule has 0 bridgehead atoms. The molecular formula is C16H27N. The Morgan fingerprint density at radius 2 is 1.53 bits per heavy atom. The van der Waals surface area contributed by atoms with E-state index in [9.17, 15) is 0 Å². The van der Waals surface area contributed by atoms with Gasteiger partial charge in [-0.25, -0.2) is 0 Å². The molecule has 0 heterocycles. The minimum Gasteiger partial charge on any atom is -0.330 e. The Bertz CT molecular complexity index is 353. The average molecular weight is 233 g/mol. The van der Waals surface area contributed by atoms with Crippen LogP contribution in [0.5, 0.6) is 0 Å². The third-order valence-electron chi connectivity index (χ3n) is 4.07. The van der Waals surface area contributed by atoms with E-state index in [0.717, 1.165) is 18.9 Å². The molecule has 0 spiro atoms. The van der Waals surface area contributed by atoms with Crippen LogP contribution in [0.1, 0.15) is 47.6 Å². The van der Waals surface area contributed by atoms with Crippen LogP contribution >= 0.6 is 0 Å². The zero-order chi connectivity index (χ0) is 13.0. The Kier molecular flexibility index (Phi) is 5.20. The van der Waals surface area contributed by atoms with Crippen molar-refractivity contribution in [3.8, 4) is 0 Å². The zero-order valence-electron chi connectivity index (χ0n) is 12.1. The lowest BCUT2D eigenvalue weighted by molar-refractivity contribution is 0.498. The number of nitrogens with two attached hydrogens (primary N) is 1. The fourth-order valence-electron chi connectivity index (χ4n) is 2.49. The van der Waals surface area contributed by atoms with Gasteiger partial charge in [-0.3, -0.25) is 0 Å². The lowest BCUT2D eigenvalue weighted by Crippen LogP contribution is -2.08. The van der Waals surface area contributed by atoms with E-state index in [2.05, 4.69) is 40.7 Å². The second-order valence-corrected chi connectivity index (χ2v) is 5.46. The third-order valence-corrected chi connectivity index (χ3v) is 4.07. The van der Waals surface area contributed by atoms with Crippen LogP contribution in [-0.2, 0) is 6.42 Å². The van der Waals surface area contributed by atoms with E-state index in [1.54, 1.807) is 5.56 Å². The predicted octanol–water partition coefficient (Wildman–Crippen LogP) is 3.84. The molecule has 1 aromatic rings. The van der Waals surface area contributed by atoms with Crippen molar-refractivity contribution in [1.29, 1.82) is 0 Å². The summed E-state index contributed by atoms with van der Waals surface area (Å²) in [4.78, 5) is 0. The van der Waals surface area contributed by atoms with E-state index >= 15 is 0 Å². The smallest absolute Gasteiger partial charge is 0.00747 e. The molecular weight excluding hydrogens is 206 g/mol. The highest BCUT2D eigenvalue weighted by Crippen LogP contribution is 2.24. The van der Waals surface area contributed by atoms with Crippen molar-refractivity contribution in [3.05, 3.63) is 33.9 Å². The quantitative estimate of drug-likeness (QED) is 0.821. The van der Waals surface area contributed by atoms with Crippen LogP contribution in [0.25, 0.3) is 0 Å².